The van der Waals surface area contributed by atoms with Crippen LogP contribution in [0.2, 0.25) is 0 Å². The maximum Gasteiger partial charge on any atom is 0.190 e. The predicted molar refractivity (Wildman–Crippen MR) is 80.3 cm³/mol. The number of anilines is 1. The van der Waals surface area contributed by atoms with Gasteiger partial charge >= 0.3 is 0 Å². The number of nitrogens with two attached hydrogens (primary N) is 1. The third-order valence-electron chi connectivity index (χ3n) is 3.24. The number of hydrogen-bond acceptors (Lipinski definition) is 5. The van der Waals surface area contributed by atoms with Crippen molar-refractivity contribution in [3.05, 3.63) is 48.0 Å². The van der Waals surface area contributed by atoms with Gasteiger partial charge in [-0.25, -0.2) is 0 Å². The number of nitrogens with zero attached hydrogens (tertiary/aromatic N) is 4. The molecule has 6 heteroatoms. The van der Waals surface area contributed by atoms with Crippen LogP contribution in [-0.4, -0.2) is 27.3 Å². The Morgan fingerprint density at radius 2 is 1.86 bits per heavy atom. The molecule has 2 aromatic carbocycles. The molecule has 3 rings (SSSR count). The first kappa shape index (κ1) is 13.1. The minimum Gasteiger partial charge on any atom is -0.494 e. The second-order valence-corrected chi connectivity index (χ2v) is 4.68. The van der Waals surface area contributed by atoms with Crippen LogP contribution in [0, 0.1) is 6.92 Å². The van der Waals surface area contributed by atoms with E-state index < -0.39 is 0 Å². The van der Waals surface area contributed by atoms with Gasteiger partial charge in [0.05, 0.1) is 24.0 Å². The summed E-state index contributed by atoms with van der Waals surface area (Å²) in [5.41, 5.74) is 9.30. The zero-order valence-corrected chi connectivity index (χ0v) is 11.8. The van der Waals surface area contributed by atoms with Crippen LogP contribution in [0.25, 0.3) is 17.1 Å². The van der Waals surface area contributed by atoms with Crippen LogP contribution in [0.3, 0.4) is 0 Å². The molecule has 6 nitrogen and oxygen atoms in total. The molecule has 0 amide bonds. The molecule has 106 valence electrons. The molecule has 0 bridgehead atoms. The lowest BCUT2D eigenvalue weighted by Crippen LogP contribution is -2.02. The Kier molecular flexibility index (Phi) is 3.27. The molecule has 3 aromatic rings. The predicted octanol–water partition coefficient (Wildman–Crippen LogP) is 2.23. The normalized spacial score (nSPS) is 10.6. The van der Waals surface area contributed by atoms with Crippen LogP contribution < -0.4 is 10.5 Å². The molecule has 0 aliphatic rings. The van der Waals surface area contributed by atoms with Crippen molar-refractivity contribution in [1.82, 2.24) is 20.2 Å². The summed E-state index contributed by atoms with van der Waals surface area (Å²) in [4.78, 5) is 0. The molecular formula is C15H15N5O. The van der Waals surface area contributed by atoms with Crippen molar-refractivity contribution < 1.29 is 4.74 Å². The average Bonchev–Trinajstić information content (AvgIpc) is 2.97. The minimum absolute atomic E-state index is 0.549. The first-order valence-corrected chi connectivity index (χ1v) is 6.49. The second kappa shape index (κ2) is 5.24. The van der Waals surface area contributed by atoms with E-state index in [4.69, 9.17) is 10.5 Å². The molecule has 0 fully saturated rings. The molecule has 21 heavy (non-hydrogen) atoms. The number of para-hydroxylation sites is 1. The maximum absolute atomic E-state index is 5.94. The van der Waals surface area contributed by atoms with Crippen LogP contribution in [0.5, 0.6) is 5.75 Å². The molecular weight excluding hydrogens is 266 g/mol. The summed E-state index contributed by atoms with van der Waals surface area (Å²) in [6.45, 7) is 2.03. The van der Waals surface area contributed by atoms with E-state index in [-0.39, 0.29) is 0 Å². The number of ether oxygens (including phenoxy) is 1. The molecule has 0 radical (unpaired) electrons. The number of nitrogen functional groups attached to an aromatic ring is 1. The number of rotatable bonds is 3. The highest BCUT2D eigenvalue weighted by molar-refractivity contribution is 5.73. The number of benzene rings is 2. The molecule has 1 aromatic heterocycles. The van der Waals surface area contributed by atoms with E-state index >= 15 is 0 Å². The molecule has 1 heterocycles. The van der Waals surface area contributed by atoms with E-state index in [1.807, 2.05) is 43.3 Å². The Hall–Kier alpha value is -2.89. The molecule has 0 saturated carbocycles. The number of methoxy groups -OCH3 is 1. The number of aryl methyl sites for hydroxylation is 1. The summed E-state index contributed by atoms with van der Waals surface area (Å²) in [6, 6.07) is 13.5. The fraction of sp³-hybridized carbons (Fsp3) is 0.133. The van der Waals surface area contributed by atoms with Gasteiger partial charge in [-0.3, -0.25) is 0 Å². The Morgan fingerprint density at radius 3 is 2.57 bits per heavy atom. The summed E-state index contributed by atoms with van der Waals surface area (Å²) in [6.07, 6.45) is 0. The molecule has 0 saturated heterocycles. The molecule has 0 atom stereocenters. The fourth-order valence-electron chi connectivity index (χ4n) is 2.17. The smallest absolute Gasteiger partial charge is 0.190 e. The van der Waals surface area contributed by atoms with Gasteiger partial charge < -0.3 is 10.5 Å². The van der Waals surface area contributed by atoms with Gasteiger partial charge in [0.1, 0.15) is 0 Å². The first-order valence-electron chi connectivity index (χ1n) is 6.49. The lowest BCUT2D eigenvalue weighted by Gasteiger charge is -2.10. The molecule has 0 aliphatic carbocycles. The molecule has 0 unspecified atom stereocenters. The molecule has 0 spiro atoms. The minimum atomic E-state index is 0.549. The Balaban J connectivity index is 2.16. The average molecular weight is 281 g/mol. The van der Waals surface area contributed by atoms with E-state index in [0.717, 1.165) is 11.3 Å². The van der Waals surface area contributed by atoms with Gasteiger partial charge in [0.15, 0.2) is 11.6 Å². The largest absolute Gasteiger partial charge is 0.494 e. The van der Waals surface area contributed by atoms with Gasteiger partial charge in [-0.2, -0.15) is 4.68 Å². The van der Waals surface area contributed by atoms with Gasteiger partial charge in [-0.15, -0.1) is 5.10 Å². The first-order chi connectivity index (χ1) is 10.2. The Labute approximate surface area is 122 Å². The Morgan fingerprint density at radius 1 is 1.10 bits per heavy atom. The highest BCUT2D eigenvalue weighted by Crippen LogP contribution is 2.33. The van der Waals surface area contributed by atoms with Crippen molar-refractivity contribution in [3.63, 3.8) is 0 Å². The molecule has 2 N–H and O–H groups in total. The maximum atomic E-state index is 5.94. The van der Waals surface area contributed by atoms with Gasteiger partial charge in [-0.1, -0.05) is 23.8 Å². The van der Waals surface area contributed by atoms with Crippen LogP contribution in [0.4, 0.5) is 5.69 Å². The van der Waals surface area contributed by atoms with E-state index in [0.29, 0.717) is 17.3 Å². The van der Waals surface area contributed by atoms with Gasteiger partial charge in [-0.05, 0) is 41.6 Å². The van der Waals surface area contributed by atoms with E-state index in [1.165, 1.54) is 5.56 Å². The highest BCUT2D eigenvalue weighted by Gasteiger charge is 2.16. The van der Waals surface area contributed by atoms with Gasteiger partial charge in [0.2, 0.25) is 0 Å². The quantitative estimate of drug-likeness (QED) is 0.745. The third-order valence-corrected chi connectivity index (χ3v) is 3.24. The monoisotopic (exact) mass is 281 g/mol. The number of tetrazole rings is 1. The van der Waals surface area contributed by atoms with Crippen LogP contribution in [0.15, 0.2) is 42.5 Å². The standard InChI is InChI=1S/C15H15N5O/c1-10-6-8-11(9-7-10)20-15(17-18-19-20)12-4-3-5-13(16)14(12)21-2/h3-9H,16H2,1-2H3. The third kappa shape index (κ3) is 2.31. The van der Waals surface area contributed by atoms with E-state index in [2.05, 4.69) is 15.5 Å². The molecule has 0 aliphatic heterocycles. The summed E-state index contributed by atoms with van der Waals surface area (Å²) in [5, 5.41) is 11.9. The van der Waals surface area contributed by atoms with Crippen molar-refractivity contribution in [3.8, 4) is 22.8 Å². The lowest BCUT2D eigenvalue weighted by atomic mass is 10.1. The summed E-state index contributed by atoms with van der Waals surface area (Å²) < 4.78 is 7.04. The van der Waals surface area contributed by atoms with Crippen LogP contribution in [0.1, 0.15) is 5.56 Å². The van der Waals surface area contributed by atoms with Crippen molar-refractivity contribution in [2.75, 3.05) is 12.8 Å². The Bertz CT molecular complexity index is 764. The summed E-state index contributed by atoms with van der Waals surface area (Å²) in [7, 11) is 1.58. The van der Waals surface area contributed by atoms with Crippen molar-refractivity contribution in [1.29, 1.82) is 0 Å². The highest BCUT2D eigenvalue weighted by atomic mass is 16.5. The SMILES string of the molecule is COc1c(N)cccc1-c1nnnn1-c1ccc(C)cc1. The number of hydrogen-bond donors (Lipinski definition) is 1. The zero-order chi connectivity index (χ0) is 14.8. The fourth-order valence-corrected chi connectivity index (χ4v) is 2.17. The second-order valence-electron chi connectivity index (χ2n) is 4.68. The lowest BCUT2D eigenvalue weighted by molar-refractivity contribution is 0.418. The van der Waals surface area contributed by atoms with E-state index in [9.17, 15) is 0 Å². The number of aromatic nitrogens is 4. The topological polar surface area (TPSA) is 78.8 Å². The summed E-state index contributed by atoms with van der Waals surface area (Å²) in [5.74, 6) is 1.16. The van der Waals surface area contributed by atoms with Gasteiger partial charge in [0.25, 0.3) is 0 Å². The van der Waals surface area contributed by atoms with E-state index in [1.54, 1.807) is 17.9 Å². The van der Waals surface area contributed by atoms with Crippen LogP contribution in [-0.2, 0) is 0 Å². The van der Waals surface area contributed by atoms with Crippen LogP contribution >= 0.6 is 0 Å². The van der Waals surface area contributed by atoms with Crippen molar-refractivity contribution in [2.45, 2.75) is 6.92 Å². The summed E-state index contributed by atoms with van der Waals surface area (Å²) >= 11 is 0. The zero-order valence-electron chi connectivity index (χ0n) is 11.8. The van der Waals surface area contributed by atoms with Crippen molar-refractivity contribution >= 4 is 5.69 Å². The van der Waals surface area contributed by atoms with Crippen molar-refractivity contribution in [2.24, 2.45) is 0 Å². The van der Waals surface area contributed by atoms with Gasteiger partial charge in [0, 0.05) is 0 Å².